The number of rotatable bonds is 2. The van der Waals surface area contributed by atoms with E-state index in [1.807, 2.05) is 0 Å². The van der Waals surface area contributed by atoms with Crippen LogP contribution in [0.15, 0.2) is 33.2 Å². The largest absolute Gasteiger partial charge is 0.0642 e. The monoisotopic (exact) mass is 630 g/mol. The highest BCUT2D eigenvalue weighted by atomic mass is 127. The Bertz CT molecular complexity index is 675. The zero-order chi connectivity index (χ0) is 15.4. The van der Waals surface area contributed by atoms with E-state index < -0.39 is 0 Å². The molecule has 0 spiro atoms. The van der Waals surface area contributed by atoms with E-state index in [4.69, 9.17) is 0 Å². The normalized spacial score (nSPS) is 15.0. The maximum Gasteiger partial charge on any atom is 0.0315 e. The fourth-order valence-corrected chi connectivity index (χ4v) is 5.11. The van der Waals surface area contributed by atoms with E-state index in [9.17, 15) is 0 Å². The molecule has 0 nitrogen and oxygen atoms in total. The first-order valence-corrected chi connectivity index (χ1v) is 10.7. The summed E-state index contributed by atoms with van der Waals surface area (Å²) in [6, 6.07) is 9.33. The van der Waals surface area contributed by atoms with Crippen molar-refractivity contribution in [2.45, 2.75) is 32.1 Å². The Balaban J connectivity index is 2.42. The van der Waals surface area contributed by atoms with Gasteiger partial charge in [-0.05, 0) is 136 Å². The second-order valence-corrected chi connectivity index (χ2v) is 9.45. The van der Waals surface area contributed by atoms with Crippen LogP contribution < -0.4 is 0 Å². The number of hydrogen-bond donors (Lipinski definition) is 0. The molecule has 3 rings (SSSR count). The number of benzene rings is 2. The van der Waals surface area contributed by atoms with Gasteiger partial charge in [-0.3, -0.25) is 0 Å². The molecule has 0 atom stereocenters. The summed E-state index contributed by atoms with van der Waals surface area (Å²) in [7, 11) is 0. The van der Waals surface area contributed by atoms with E-state index in [1.165, 1.54) is 38.3 Å². The summed E-state index contributed by atoms with van der Waals surface area (Å²) in [6.07, 6.45) is 2.28. The Hall–Kier alpha value is 0.860. The van der Waals surface area contributed by atoms with Crippen LogP contribution in [0.1, 0.15) is 37.8 Å². The molecule has 0 heterocycles. The van der Waals surface area contributed by atoms with Gasteiger partial charge in [0.25, 0.3) is 0 Å². The lowest BCUT2D eigenvalue weighted by atomic mass is 9.74. The molecule has 0 bridgehead atoms. The zero-order valence-electron chi connectivity index (χ0n) is 11.7. The summed E-state index contributed by atoms with van der Waals surface area (Å²) in [5.74, 6) is 0. The van der Waals surface area contributed by atoms with Crippen LogP contribution in [0.25, 0.3) is 11.1 Å². The van der Waals surface area contributed by atoms with E-state index in [1.54, 1.807) is 0 Å². The van der Waals surface area contributed by atoms with Crippen molar-refractivity contribution in [2.75, 3.05) is 0 Å². The molecule has 0 amide bonds. The minimum atomic E-state index is 0.159. The number of fused-ring (bicyclic) bond motifs is 3. The summed E-state index contributed by atoms with van der Waals surface area (Å²) in [6.45, 7) is 4.62. The summed E-state index contributed by atoms with van der Waals surface area (Å²) in [5, 5.41) is 0. The molecule has 1 aliphatic rings. The molecule has 110 valence electrons. The standard InChI is InChI=1S/C17H14Br2I2/c1-3-17(4-2)11-7-15(20)13(18)5-9(11)10-6-14(19)16(21)8-12(10)17/h5-8H,3-4H2,1-2H3. The lowest BCUT2D eigenvalue weighted by Gasteiger charge is -2.30. The average molecular weight is 632 g/mol. The Morgan fingerprint density at radius 2 is 1.19 bits per heavy atom. The van der Waals surface area contributed by atoms with Crippen LogP contribution in [0.3, 0.4) is 0 Å². The van der Waals surface area contributed by atoms with Crippen LogP contribution in [-0.2, 0) is 5.41 Å². The van der Waals surface area contributed by atoms with Gasteiger partial charge < -0.3 is 0 Å². The SMILES string of the molecule is CCC1(CC)c2cc(I)c(Br)cc2-c2cc(Br)c(I)cc21. The van der Waals surface area contributed by atoms with Gasteiger partial charge in [-0.2, -0.15) is 0 Å². The predicted molar refractivity (Wildman–Crippen MR) is 114 cm³/mol. The van der Waals surface area contributed by atoms with Crippen molar-refractivity contribution >= 4 is 77.0 Å². The van der Waals surface area contributed by atoms with E-state index >= 15 is 0 Å². The zero-order valence-corrected chi connectivity index (χ0v) is 19.2. The van der Waals surface area contributed by atoms with Crippen LogP contribution >= 0.6 is 77.0 Å². The molecule has 21 heavy (non-hydrogen) atoms. The topological polar surface area (TPSA) is 0 Å². The van der Waals surface area contributed by atoms with E-state index in [0.717, 1.165) is 12.8 Å². The Kier molecular flexibility index (Phi) is 4.82. The lowest BCUT2D eigenvalue weighted by molar-refractivity contribution is 0.490. The highest BCUT2D eigenvalue weighted by Crippen LogP contribution is 2.54. The molecule has 4 heteroatoms. The van der Waals surface area contributed by atoms with Crippen molar-refractivity contribution in [3.8, 4) is 11.1 Å². The highest BCUT2D eigenvalue weighted by Gasteiger charge is 2.41. The van der Waals surface area contributed by atoms with Crippen LogP contribution in [0, 0.1) is 7.14 Å². The van der Waals surface area contributed by atoms with Crippen LogP contribution in [0.4, 0.5) is 0 Å². The van der Waals surface area contributed by atoms with Crippen molar-refractivity contribution in [2.24, 2.45) is 0 Å². The number of hydrogen-bond acceptors (Lipinski definition) is 0. The van der Waals surface area contributed by atoms with Crippen LogP contribution in [-0.4, -0.2) is 0 Å². The molecule has 2 aromatic rings. The Labute approximate surface area is 170 Å². The first-order valence-electron chi connectivity index (χ1n) is 6.94. The minimum absolute atomic E-state index is 0.159. The van der Waals surface area contributed by atoms with Crippen LogP contribution in [0.2, 0.25) is 0 Å². The minimum Gasteiger partial charge on any atom is -0.0642 e. The molecule has 0 unspecified atom stereocenters. The molecule has 0 fully saturated rings. The van der Waals surface area contributed by atoms with E-state index in [-0.39, 0.29) is 5.41 Å². The van der Waals surface area contributed by atoms with Gasteiger partial charge in [-0.25, -0.2) is 0 Å². The van der Waals surface area contributed by atoms with Gasteiger partial charge in [0.15, 0.2) is 0 Å². The third-order valence-corrected chi connectivity index (χ3v) is 9.23. The molecule has 0 saturated heterocycles. The molecule has 2 aromatic carbocycles. The van der Waals surface area contributed by atoms with Crippen molar-refractivity contribution in [1.82, 2.24) is 0 Å². The molecule has 0 saturated carbocycles. The van der Waals surface area contributed by atoms with Crippen LogP contribution in [0.5, 0.6) is 0 Å². The molecule has 1 aliphatic carbocycles. The van der Waals surface area contributed by atoms with E-state index in [0.29, 0.717) is 0 Å². The predicted octanol–water partition coefficient (Wildman–Crippen LogP) is 7.51. The van der Waals surface area contributed by atoms with Gasteiger partial charge in [0.2, 0.25) is 0 Å². The van der Waals surface area contributed by atoms with Crippen molar-refractivity contribution < 1.29 is 0 Å². The summed E-state index contributed by atoms with van der Waals surface area (Å²) in [4.78, 5) is 0. The molecule has 0 aromatic heterocycles. The average Bonchev–Trinajstić information content (AvgIpc) is 2.70. The van der Waals surface area contributed by atoms with Crippen molar-refractivity contribution in [3.63, 3.8) is 0 Å². The van der Waals surface area contributed by atoms with Gasteiger partial charge in [0, 0.05) is 21.5 Å². The molecule has 0 N–H and O–H groups in total. The first kappa shape index (κ1) is 16.7. The lowest BCUT2D eigenvalue weighted by Crippen LogP contribution is -2.23. The Morgan fingerprint density at radius 3 is 1.52 bits per heavy atom. The molecular weight excluding hydrogens is 618 g/mol. The molecule has 0 radical (unpaired) electrons. The maximum absolute atomic E-state index is 3.69. The third kappa shape index (κ3) is 2.47. The highest BCUT2D eigenvalue weighted by molar-refractivity contribution is 14.1. The van der Waals surface area contributed by atoms with Gasteiger partial charge in [0.1, 0.15) is 0 Å². The van der Waals surface area contributed by atoms with Gasteiger partial charge >= 0.3 is 0 Å². The maximum atomic E-state index is 3.69. The van der Waals surface area contributed by atoms with Gasteiger partial charge in [0.05, 0.1) is 0 Å². The fourth-order valence-electron chi connectivity index (χ4n) is 3.49. The van der Waals surface area contributed by atoms with Gasteiger partial charge in [-0.1, -0.05) is 13.8 Å². The Morgan fingerprint density at radius 1 is 0.810 bits per heavy atom. The first-order chi connectivity index (χ1) is 9.94. The second kappa shape index (κ2) is 6.06. The quantitative estimate of drug-likeness (QED) is 0.301. The summed E-state index contributed by atoms with van der Waals surface area (Å²) in [5.41, 5.74) is 5.91. The smallest absolute Gasteiger partial charge is 0.0315 e. The second-order valence-electron chi connectivity index (χ2n) is 5.41. The molecular formula is C17H14Br2I2. The number of halogens is 4. The fraction of sp³-hybridized carbons (Fsp3) is 0.294. The molecule has 0 aliphatic heterocycles. The summed E-state index contributed by atoms with van der Waals surface area (Å²) < 4.78 is 4.95. The third-order valence-electron chi connectivity index (χ3n) is 4.65. The van der Waals surface area contributed by atoms with Crippen molar-refractivity contribution in [1.29, 1.82) is 0 Å². The summed E-state index contributed by atoms with van der Waals surface area (Å²) >= 11 is 12.2. The van der Waals surface area contributed by atoms with Crippen molar-refractivity contribution in [3.05, 3.63) is 51.5 Å². The van der Waals surface area contributed by atoms with Gasteiger partial charge in [-0.15, -0.1) is 0 Å². The van der Waals surface area contributed by atoms with E-state index in [2.05, 4.69) is 115 Å².